The summed E-state index contributed by atoms with van der Waals surface area (Å²) in [5, 5.41) is 5.50. The molecule has 0 bridgehead atoms. The van der Waals surface area contributed by atoms with E-state index in [0.717, 1.165) is 27.6 Å². The molecule has 1 aromatic heterocycles. The fourth-order valence-corrected chi connectivity index (χ4v) is 5.12. The smallest absolute Gasteiger partial charge is 0.264 e. The summed E-state index contributed by atoms with van der Waals surface area (Å²) in [4.78, 5) is 18.0. The van der Waals surface area contributed by atoms with Gasteiger partial charge in [0.2, 0.25) is 0 Å². The molecule has 176 valence electrons. The minimum atomic E-state index is -0.179. The number of aryl methyl sites for hydroxylation is 1. The van der Waals surface area contributed by atoms with Gasteiger partial charge in [0.25, 0.3) is 5.91 Å². The molecule has 1 aliphatic rings. The van der Waals surface area contributed by atoms with E-state index in [9.17, 15) is 4.79 Å². The Morgan fingerprint density at radius 2 is 1.91 bits per heavy atom. The highest BCUT2D eigenvalue weighted by Gasteiger charge is 2.25. The van der Waals surface area contributed by atoms with Crippen molar-refractivity contribution < 1.29 is 9.53 Å². The number of halogens is 2. The zero-order valence-electron chi connectivity index (χ0n) is 19.0. The van der Waals surface area contributed by atoms with Crippen LogP contribution in [0.5, 0.6) is 5.75 Å². The number of hydrogen-bond donors (Lipinski definition) is 1. The first-order chi connectivity index (χ1) is 16.9. The van der Waals surface area contributed by atoms with Gasteiger partial charge in [-0.25, -0.2) is 4.99 Å². The first-order valence-corrected chi connectivity index (χ1v) is 12.4. The van der Waals surface area contributed by atoms with Crippen LogP contribution in [-0.2, 0) is 11.3 Å². The van der Waals surface area contributed by atoms with Crippen LogP contribution < -0.4 is 10.1 Å². The predicted octanol–water partition coefficient (Wildman–Crippen LogP) is 7.21. The highest BCUT2D eigenvalue weighted by Crippen LogP contribution is 2.34. The average Bonchev–Trinajstić information content (AvgIpc) is 3.36. The average molecular weight is 522 g/mol. The molecule has 1 saturated heterocycles. The van der Waals surface area contributed by atoms with Crippen LogP contribution in [0.1, 0.15) is 16.7 Å². The Balaban J connectivity index is 1.48. The van der Waals surface area contributed by atoms with Crippen LogP contribution in [0.25, 0.3) is 17.0 Å². The third kappa shape index (κ3) is 4.96. The lowest BCUT2D eigenvalue weighted by Gasteiger charge is -2.06. The Morgan fingerprint density at radius 3 is 2.71 bits per heavy atom. The first kappa shape index (κ1) is 23.5. The lowest BCUT2D eigenvalue weighted by molar-refractivity contribution is -0.115. The molecule has 0 unspecified atom stereocenters. The van der Waals surface area contributed by atoms with Crippen molar-refractivity contribution >= 4 is 68.7 Å². The van der Waals surface area contributed by atoms with Crippen molar-refractivity contribution in [3.8, 4) is 5.75 Å². The van der Waals surface area contributed by atoms with E-state index >= 15 is 0 Å². The second kappa shape index (κ2) is 9.82. The van der Waals surface area contributed by atoms with E-state index in [1.807, 2.05) is 61.7 Å². The number of aromatic nitrogens is 1. The van der Waals surface area contributed by atoms with Crippen molar-refractivity contribution in [1.29, 1.82) is 0 Å². The number of ether oxygens (including phenoxy) is 1. The van der Waals surface area contributed by atoms with Crippen molar-refractivity contribution in [3.63, 3.8) is 0 Å². The number of nitrogens with zero attached hydrogens (tertiary/aromatic N) is 2. The number of hydrogen-bond acceptors (Lipinski definition) is 4. The molecular formula is C27H21Cl2N3O2S. The number of aliphatic imine (C=N–C) groups is 1. The van der Waals surface area contributed by atoms with Gasteiger partial charge in [0.15, 0.2) is 5.17 Å². The number of rotatable bonds is 5. The second-order valence-electron chi connectivity index (χ2n) is 8.13. The summed E-state index contributed by atoms with van der Waals surface area (Å²) < 4.78 is 7.56. The summed E-state index contributed by atoms with van der Waals surface area (Å²) in [6.45, 7) is 2.61. The van der Waals surface area contributed by atoms with E-state index in [-0.39, 0.29) is 5.91 Å². The SMILES string of the molecule is COc1ccc(C)cc1N=C1NC(=O)/C(=C/c2cn(Cc3ccc(Cl)c(Cl)c3)c3ccccc23)S1. The Hall–Kier alpha value is -3.19. The number of carbonyl (C=O) groups is 1. The van der Waals surface area contributed by atoms with Gasteiger partial charge >= 0.3 is 0 Å². The molecule has 0 aliphatic carbocycles. The van der Waals surface area contributed by atoms with Gasteiger partial charge in [-0.3, -0.25) is 4.79 Å². The van der Waals surface area contributed by atoms with Gasteiger partial charge in [-0.1, -0.05) is 53.5 Å². The van der Waals surface area contributed by atoms with Crippen LogP contribution in [-0.4, -0.2) is 22.8 Å². The number of para-hydroxylation sites is 1. The second-order valence-corrected chi connectivity index (χ2v) is 9.98. The van der Waals surface area contributed by atoms with Crippen molar-refractivity contribution in [3.05, 3.63) is 98.5 Å². The van der Waals surface area contributed by atoms with Crippen LogP contribution in [0, 0.1) is 6.92 Å². The number of methoxy groups -OCH3 is 1. The first-order valence-electron chi connectivity index (χ1n) is 10.9. The monoisotopic (exact) mass is 521 g/mol. The van der Waals surface area contributed by atoms with Gasteiger partial charge in [-0.15, -0.1) is 0 Å². The van der Waals surface area contributed by atoms with Gasteiger partial charge in [0.1, 0.15) is 11.4 Å². The minimum Gasteiger partial charge on any atom is -0.494 e. The normalized spacial score (nSPS) is 15.8. The fraction of sp³-hybridized carbons (Fsp3) is 0.111. The maximum Gasteiger partial charge on any atom is 0.264 e. The Kier molecular flexibility index (Phi) is 6.60. The summed E-state index contributed by atoms with van der Waals surface area (Å²) in [5.74, 6) is 0.474. The lowest BCUT2D eigenvalue weighted by atomic mass is 10.1. The van der Waals surface area contributed by atoms with Crippen molar-refractivity contribution in [2.75, 3.05) is 7.11 Å². The molecular weight excluding hydrogens is 501 g/mol. The van der Waals surface area contributed by atoms with Crippen LogP contribution in [0.3, 0.4) is 0 Å². The van der Waals surface area contributed by atoms with Gasteiger partial charge in [0.05, 0.1) is 22.1 Å². The van der Waals surface area contributed by atoms with Crippen LogP contribution in [0.4, 0.5) is 5.69 Å². The van der Waals surface area contributed by atoms with E-state index in [0.29, 0.717) is 38.1 Å². The Bertz CT molecular complexity index is 1520. The Labute approximate surface area is 217 Å². The molecule has 0 saturated carbocycles. The maximum atomic E-state index is 12.8. The molecule has 2 heterocycles. The standard InChI is InChI=1S/C27H21Cl2N3O2S/c1-16-7-10-24(34-2)22(11-16)30-27-31-26(33)25(35-27)13-18-15-32(23-6-4-3-5-19(18)23)14-17-8-9-20(28)21(29)12-17/h3-13,15H,14H2,1-2H3,(H,30,31,33)/b25-13-. The molecule has 1 N–H and O–H groups in total. The fourth-order valence-electron chi connectivity index (χ4n) is 3.97. The number of carbonyl (C=O) groups excluding carboxylic acids is 1. The Morgan fingerprint density at radius 1 is 1.09 bits per heavy atom. The van der Waals surface area contributed by atoms with E-state index in [1.54, 1.807) is 13.2 Å². The highest BCUT2D eigenvalue weighted by molar-refractivity contribution is 8.18. The number of thioether (sulfide) groups is 1. The topological polar surface area (TPSA) is 55.6 Å². The number of fused-ring (bicyclic) bond motifs is 1. The van der Waals surface area contributed by atoms with Crippen LogP contribution in [0.2, 0.25) is 10.0 Å². The summed E-state index contributed by atoms with van der Waals surface area (Å²) >= 11 is 13.6. The zero-order chi connectivity index (χ0) is 24.5. The molecule has 35 heavy (non-hydrogen) atoms. The molecule has 1 amide bonds. The number of amidine groups is 1. The molecule has 0 spiro atoms. The van der Waals surface area contributed by atoms with Gasteiger partial charge in [-0.2, -0.15) is 0 Å². The molecule has 0 atom stereocenters. The van der Waals surface area contributed by atoms with Crippen LogP contribution in [0.15, 0.2) is 76.8 Å². The van der Waals surface area contributed by atoms with E-state index in [1.165, 1.54) is 11.8 Å². The molecule has 8 heteroatoms. The van der Waals surface area contributed by atoms with E-state index in [4.69, 9.17) is 27.9 Å². The summed E-state index contributed by atoms with van der Waals surface area (Å²) in [7, 11) is 1.60. The van der Waals surface area contributed by atoms with Crippen LogP contribution >= 0.6 is 35.0 Å². The third-order valence-electron chi connectivity index (χ3n) is 5.65. The van der Waals surface area contributed by atoms with Crippen molar-refractivity contribution in [2.24, 2.45) is 4.99 Å². The molecule has 1 fully saturated rings. The zero-order valence-corrected chi connectivity index (χ0v) is 21.3. The third-order valence-corrected chi connectivity index (χ3v) is 7.30. The van der Waals surface area contributed by atoms with Gasteiger partial charge < -0.3 is 14.6 Å². The predicted molar refractivity (Wildman–Crippen MR) is 146 cm³/mol. The summed E-state index contributed by atoms with van der Waals surface area (Å²) in [5.41, 5.74) is 4.79. The van der Waals surface area contributed by atoms with Gasteiger partial charge in [0, 0.05) is 29.2 Å². The number of amides is 1. The van der Waals surface area contributed by atoms with Crippen molar-refractivity contribution in [2.45, 2.75) is 13.5 Å². The molecule has 3 aromatic carbocycles. The van der Waals surface area contributed by atoms with Crippen molar-refractivity contribution in [1.82, 2.24) is 9.88 Å². The van der Waals surface area contributed by atoms with Gasteiger partial charge in [-0.05, 0) is 66.2 Å². The number of nitrogens with one attached hydrogen (secondary N) is 1. The summed E-state index contributed by atoms with van der Waals surface area (Å²) in [6.07, 6.45) is 3.95. The molecule has 5 nitrogen and oxygen atoms in total. The number of benzene rings is 3. The molecule has 5 rings (SSSR count). The maximum absolute atomic E-state index is 12.8. The molecule has 0 radical (unpaired) electrons. The lowest BCUT2D eigenvalue weighted by Crippen LogP contribution is -2.19. The largest absolute Gasteiger partial charge is 0.494 e. The quantitative estimate of drug-likeness (QED) is 0.282. The minimum absolute atomic E-state index is 0.179. The molecule has 4 aromatic rings. The summed E-state index contributed by atoms with van der Waals surface area (Å²) in [6, 6.07) is 19.5. The highest BCUT2D eigenvalue weighted by atomic mass is 35.5. The van der Waals surface area contributed by atoms with E-state index in [2.05, 4.69) is 27.0 Å². The van der Waals surface area contributed by atoms with E-state index < -0.39 is 0 Å². The molecule has 1 aliphatic heterocycles.